The number of nitrogens with one attached hydrogen (secondary N) is 3. The summed E-state index contributed by atoms with van der Waals surface area (Å²) in [7, 11) is -7.38. The molecule has 0 radical (unpaired) electrons. The number of piperidine rings is 3. The van der Waals surface area contributed by atoms with E-state index in [1.165, 1.54) is 18.4 Å². The molecule has 77 heavy (non-hydrogen) atoms. The number of carboxylic acid groups (broad SMARTS) is 1. The molecule has 6 aliphatic heterocycles. The number of imide groups is 1. The minimum absolute atomic E-state index is 0.0769. The van der Waals surface area contributed by atoms with E-state index >= 15 is 0 Å². The molecule has 6 heterocycles. The Hall–Kier alpha value is -6.05. The minimum Gasteiger partial charge on any atom is -0.492 e. The highest BCUT2D eigenvalue weighted by Crippen LogP contribution is 2.35. The summed E-state index contributed by atoms with van der Waals surface area (Å²) in [6.45, 7) is 16.2. The molecule has 420 valence electrons. The van der Waals surface area contributed by atoms with Gasteiger partial charge in [-0.3, -0.25) is 24.6 Å². The van der Waals surface area contributed by atoms with Gasteiger partial charge in [0.2, 0.25) is 31.9 Å². The zero-order chi connectivity index (χ0) is 55.5. The van der Waals surface area contributed by atoms with Crippen LogP contribution in [0.4, 0.5) is 9.59 Å². The van der Waals surface area contributed by atoms with Gasteiger partial charge >= 0.3 is 12.2 Å². The maximum atomic E-state index is 13.4. The van der Waals surface area contributed by atoms with Crippen LogP contribution < -0.4 is 30.2 Å². The summed E-state index contributed by atoms with van der Waals surface area (Å²) in [6, 6.07) is 17.4. The number of sulfonamides is 2. The summed E-state index contributed by atoms with van der Waals surface area (Å²) >= 11 is 0. The Labute approximate surface area is 450 Å². The van der Waals surface area contributed by atoms with Crippen LogP contribution in [0.5, 0.6) is 17.2 Å². The number of likely N-dealkylation sites (tertiary alicyclic amines) is 1. The Balaban J connectivity index is 0.000000237. The van der Waals surface area contributed by atoms with Gasteiger partial charge < -0.3 is 44.5 Å². The molecule has 0 spiro atoms. The van der Waals surface area contributed by atoms with Crippen molar-refractivity contribution >= 4 is 50.0 Å². The van der Waals surface area contributed by atoms with E-state index in [0.717, 1.165) is 18.7 Å². The quantitative estimate of drug-likeness (QED) is 0.155. The molecule has 5 fully saturated rings. The number of alkyl carbamates (subject to hydrolysis) is 1. The molecular formula is C53H72N8O14S2. The van der Waals surface area contributed by atoms with Gasteiger partial charge in [0.05, 0.1) is 16.3 Å². The van der Waals surface area contributed by atoms with Crippen molar-refractivity contribution in [3.63, 3.8) is 0 Å². The Morgan fingerprint density at radius 1 is 0.766 bits per heavy atom. The third kappa shape index (κ3) is 14.0. The van der Waals surface area contributed by atoms with Crippen LogP contribution >= 0.6 is 0 Å². The van der Waals surface area contributed by atoms with Crippen LogP contribution in [0, 0.1) is 0 Å². The largest absolute Gasteiger partial charge is 0.492 e. The number of ether oxygens (including phenoxy) is 4. The van der Waals surface area contributed by atoms with Crippen molar-refractivity contribution in [3.8, 4) is 17.2 Å². The molecular weight excluding hydrogens is 1040 g/mol. The predicted molar refractivity (Wildman–Crippen MR) is 282 cm³/mol. The lowest BCUT2D eigenvalue weighted by Gasteiger charge is -2.43. The first-order valence-electron chi connectivity index (χ1n) is 26.2. The second-order valence-corrected chi connectivity index (χ2v) is 26.0. The van der Waals surface area contributed by atoms with Crippen LogP contribution in [0.15, 0.2) is 76.5 Å². The molecule has 24 heteroatoms. The molecule has 3 aromatic rings. The summed E-state index contributed by atoms with van der Waals surface area (Å²) in [5, 5.41) is 17.8. The van der Waals surface area contributed by atoms with Crippen LogP contribution in [-0.2, 0) is 40.9 Å². The average molecular weight is 1110 g/mol. The van der Waals surface area contributed by atoms with Gasteiger partial charge in [0.1, 0.15) is 47.7 Å². The minimum atomic E-state index is -3.74. The summed E-state index contributed by atoms with van der Waals surface area (Å²) in [5.74, 6) is 0.603. The monoisotopic (exact) mass is 1110 g/mol. The second kappa shape index (κ2) is 23.5. The van der Waals surface area contributed by atoms with Crippen LogP contribution in [0.2, 0.25) is 0 Å². The standard InChI is InChI=1S/C34H43N5O9S.C19H29N3O5S/c1-34(2,3)48-33(43)35-22-12-14-38(15-13-22)49(44,45)25-7-4-6-23(18-25)47-24-19-37(20-24)16-17-46-29-9-5-8-26-27(29)21-39(32(26)42)28-10-11-30(40)36-31(28)41;1-19(2,3)22(18(23)24)14-7-9-21(10-8-14)28(25,26)17-6-4-5-15(11-17)27-16-12-20-13-16/h4-9,18,22,24,28H,10-17,19-21H2,1-3H3,(H,35,43)(H,36,40,41);4-6,11,14,16,20H,7-10,12-13H2,1-3H3,(H,23,24). The molecule has 9 rings (SSSR count). The number of carbonyl (C=O) groups excluding carboxylic acids is 4. The number of amides is 5. The van der Waals surface area contributed by atoms with E-state index < -0.39 is 55.3 Å². The molecule has 0 aromatic heterocycles. The van der Waals surface area contributed by atoms with E-state index in [0.29, 0.717) is 94.2 Å². The van der Waals surface area contributed by atoms with Gasteiger partial charge in [0, 0.05) is 106 Å². The smallest absolute Gasteiger partial charge is 0.407 e. The number of carbonyl (C=O) groups is 5. The van der Waals surface area contributed by atoms with Gasteiger partial charge in [0.15, 0.2) is 0 Å². The van der Waals surface area contributed by atoms with Crippen molar-refractivity contribution in [1.82, 2.24) is 39.3 Å². The Morgan fingerprint density at radius 3 is 1.87 bits per heavy atom. The molecule has 0 saturated carbocycles. The van der Waals surface area contributed by atoms with Crippen molar-refractivity contribution in [2.75, 3.05) is 65.5 Å². The van der Waals surface area contributed by atoms with Gasteiger partial charge in [0.25, 0.3) is 5.91 Å². The van der Waals surface area contributed by atoms with E-state index in [1.807, 2.05) is 26.8 Å². The number of hydrogen-bond donors (Lipinski definition) is 4. The lowest BCUT2D eigenvalue weighted by atomic mass is 9.98. The molecule has 1 unspecified atom stereocenters. The van der Waals surface area contributed by atoms with Gasteiger partial charge in [-0.05, 0) is 110 Å². The summed E-state index contributed by atoms with van der Waals surface area (Å²) < 4.78 is 79.1. The summed E-state index contributed by atoms with van der Waals surface area (Å²) in [6.07, 6.45) is 0.933. The fourth-order valence-corrected chi connectivity index (χ4v) is 13.3. The SMILES string of the molecule is CC(C)(C)N(C(=O)O)C1CCN(S(=O)(=O)c2cccc(OC3CNC3)c2)CC1.CC(C)(C)OC(=O)NC1CCN(S(=O)(=O)c2cccc(OC3CN(CCOc4cccc5c4CN(C4CCC(=O)NC4=O)C5=O)C3)c2)CC1. The van der Waals surface area contributed by atoms with Gasteiger partial charge in [-0.15, -0.1) is 0 Å². The van der Waals surface area contributed by atoms with E-state index in [4.69, 9.17) is 18.9 Å². The van der Waals surface area contributed by atoms with E-state index in [-0.39, 0.29) is 72.0 Å². The van der Waals surface area contributed by atoms with Crippen LogP contribution in [0.25, 0.3) is 0 Å². The second-order valence-electron chi connectivity index (χ2n) is 22.2. The molecule has 22 nitrogen and oxygen atoms in total. The van der Waals surface area contributed by atoms with Gasteiger partial charge in [-0.2, -0.15) is 8.61 Å². The summed E-state index contributed by atoms with van der Waals surface area (Å²) in [4.78, 5) is 66.3. The Bertz CT molecular complexity index is 2890. The van der Waals surface area contributed by atoms with Crippen molar-refractivity contribution in [1.29, 1.82) is 0 Å². The van der Waals surface area contributed by atoms with Crippen molar-refractivity contribution in [2.24, 2.45) is 0 Å². The predicted octanol–water partition coefficient (Wildman–Crippen LogP) is 4.24. The number of benzene rings is 3. The molecule has 6 aliphatic rings. The van der Waals surface area contributed by atoms with E-state index in [2.05, 4.69) is 20.9 Å². The van der Waals surface area contributed by atoms with Gasteiger partial charge in [-0.1, -0.05) is 18.2 Å². The third-order valence-corrected chi connectivity index (χ3v) is 18.0. The van der Waals surface area contributed by atoms with Crippen LogP contribution in [0.3, 0.4) is 0 Å². The fourth-order valence-electron chi connectivity index (χ4n) is 10.2. The maximum Gasteiger partial charge on any atom is 0.407 e. The topological polar surface area (TPSA) is 263 Å². The number of hydrogen-bond acceptors (Lipinski definition) is 15. The molecule has 3 aromatic carbocycles. The highest BCUT2D eigenvalue weighted by molar-refractivity contribution is 7.89. The Kier molecular flexibility index (Phi) is 17.4. The first-order valence-corrected chi connectivity index (χ1v) is 29.1. The molecule has 5 amide bonds. The molecule has 4 N–H and O–H groups in total. The average Bonchev–Trinajstić information content (AvgIpc) is 3.69. The van der Waals surface area contributed by atoms with Gasteiger partial charge in [-0.25, -0.2) is 26.4 Å². The molecule has 5 saturated heterocycles. The molecule has 0 bridgehead atoms. The maximum absolute atomic E-state index is 13.4. The fraction of sp³-hybridized carbons (Fsp3) is 0.566. The van der Waals surface area contributed by atoms with E-state index in [9.17, 15) is 45.9 Å². The molecule has 1 atom stereocenters. The van der Waals surface area contributed by atoms with E-state index in [1.54, 1.807) is 81.4 Å². The first-order chi connectivity index (χ1) is 36.3. The number of fused-ring (bicyclic) bond motifs is 1. The highest BCUT2D eigenvalue weighted by atomic mass is 32.2. The zero-order valence-electron chi connectivity index (χ0n) is 44.6. The van der Waals surface area contributed by atoms with Crippen LogP contribution in [-0.4, -0.2) is 182 Å². The lowest BCUT2D eigenvalue weighted by molar-refractivity contribution is -0.136. The van der Waals surface area contributed by atoms with Crippen LogP contribution in [0.1, 0.15) is 96.0 Å². The number of rotatable bonds is 15. The van der Waals surface area contributed by atoms with Crippen molar-refractivity contribution in [2.45, 2.75) is 138 Å². The molecule has 0 aliphatic carbocycles. The summed E-state index contributed by atoms with van der Waals surface area (Å²) in [5.41, 5.74) is 0.105. The Morgan fingerprint density at radius 2 is 1.34 bits per heavy atom. The normalized spacial score (nSPS) is 20.7. The van der Waals surface area contributed by atoms with Crippen molar-refractivity contribution in [3.05, 3.63) is 77.9 Å². The van der Waals surface area contributed by atoms with Crippen molar-refractivity contribution < 1.29 is 64.9 Å². The number of nitrogens with zero attached hydrogens (tertiary/aromatic N) is 5. The highest BCUT2D eigenvalue weighted by Gasteiger charge is 2.41. The first kappa shape index (κ1) is 57.1. The lowest BCUT2D eigenvalue weighted by Crippen LogP contribution is -2.55. The third-order valence-electron chi connectivity index (χ3n) is 14.3. The zero-order valence-corrected chi connectivity index (χ0v) is 46.2.